The van der Waals surface area contributed by atoms with Crippen molar-refractivity contribution >= 4 is 17.9 Å². The van der Waals surface area contributed by atoms with Crippen molar-refractivity contribution in [2.45, 2.75) is 232 Å². The molecule has 0 heterocycles. The first-order chi connectivity index (χ1) is 32.0. The Bertz CT molecular complexity index is 1360. The number of esters is 3. The van der Waals surface area contributed by atoms with Crippen molar-refractivity contribution in [3.8, 4) is 0 Å². The van der Waals surface area contributed by atoms with Crippen molar-refractivity contribution < 1.29 is 28.6 Å². The van der Waals surface area contributed by atoms with E-state index in [0.29, 0.717) is 25.7 Å². The van der Waals surface area contributed by atoms with Crippen molar-refractivity contribution in [2.75, 3.05) is 13.2 Å². The average molecular weight is 901 g/mol. The Balaban J connectivity index is 4.54. The zero-order valence-corrected chi connectivity index (χ0v) is 42.0. The van der Waals surface area contributed by atoms with Gasteiger partial charge in [0.1, 0.15) is 13.2 Å². The Morgan fingerprint density at radius 1 is 0.338 bits per heavy atom. The molecule has 368 valence electrons. The van der Waals surface area contributed by atoms with E-state index in [1.165, 1.54) is 77.0 Å². The minimum Gasteiger partial charge on any atom is -0.462 e. The third-order valence-electron chi connectivity index (χ3n) is 10.8. The molecule has 0 aromatic carbocycles. The number of ether oxygens (including phenoxy) is 3. The zero-order chi connectivity index (χ0) is 47.2. The molecular weight excluding hydrogens is 805 g/mol. The number of hydrogen-bond donors (Lipinski definition) is 0. The molecule has 0 aromatic heterocycles. The molecule has 0 fully saturated rings. The van der Waals surface area contributed by atoms with Crippen LogP contribution in [0.5, 0.6) is 0 Å². The molecule has 0 aliphatic rings. The highest BCUT2D eigenvalue weighted by molar-refractivity contribution is 5.71. The van der Waals surface area contributed by atoms with Gasteiger partial charge in [0.15, 0.2) is 6.10 Å². The molecule has 0 aliphatic carbocycles. The molecule has 1 unspecified atom stereocenters. The largest absolute Gasteiger partial charge is 0.462 e. The van der Waals surface area contributed by atoms with Crippen LogP contribution in [-0.4, -0.2) is 37.2 Å². The second-order valence-corrected chi connectivity index (χ2v) is 17.1. The lowest BCUT2D eigenvalue weighted by Gasteiger charge is -2.18. The molecule has 65 heavy (non-hydrogen) atoms. The Morgan fingerprint density at radius 3 is 1.14 bits per heavy atom. The second kappa shape index (κ2) is 52.7. The van der Waals surface area contributed by atoms with E-state index in [1.54, 1.807) is 0 Å². The van der Waals surface area contributed by atoms with Crippen molar-refractivity contribution in [2.24, 2.45) is 0 Å². The highest BCUT2D eigenvalue weighted by atomic mass is 16.6. The van der Waals surface area contributed by atoms with E-state index >= 15 is 0 Å². The highest BCUT2D eigenvalue weighted by Gasteiger charge is 2.19. The summed E-state index contributed by atoms with van der Waals surface area (Å²) in [7, 11) is 0. The third kappa shape index (κ3) is 50.9. The summed E-state index contributed by atoms with van der Waals surface area (Å²) in [6.45, 7) is 6.38. The SMILES string of the molecule is CC/C=C\C/C=C\C/C=C\CCCCC(=O)OCC(COC(=O)CCCCCCC/C=C\C=C/CCCCCCCCC)OC(=O)CCC/C=C\C/C=C\C/C=C\C/C=C\CCCCC. The van der Waals surface area contributed by atoms with Crippen molar-refractivity contribution in [1.82, 2.24) is 0 Å². The molecule has 0 amide bonds. The number of rotatable bonds is 46. The minimum atomic E-state index is -0.830. The molecule has 1 atom stereocenters. The Labute approximate surface area is 400 Å². The van der Waals surface area contributed by atoms with Crippen molar-refractivity contribution in [3.05, 3.63) is 109 Å². The van der Waals surface area contributed by atoms with Crippen LogP contribution >= 0.6 is 0 Å². The predicted octanol–water partition coefficient (Wildman–Crippen LogP) is 17.5. The molecule has 0 spiro atoms. The summed E-state index contributed by atoms with van der Waals surface area (Å²) in [6.07, 6.45) is 70.8. The summed E-state index contributed by atoms with van der Waals surface area (Å²) in [5, 5.41) is 0. The maximum atomic E-state index is 12.8. The van der Waals surface area contributed by atoms with E-state index < -0.39 is 6.10 Å². The van der Waals surface area contributed by atoms with Gasteiger partial charge in [0.2, 0.25) is 0 Å². The number of carbonyl (C=O) groups is 3. The van der Waals surface area contributed by atoms with Gasteiger partial charge in [-0.05, 0) is 116 Å². The van der Waals surface area contributed by atoms with E-state index in [4.69, 9.17) is 14.2 Å². The van der Waals surface area contributed by atoms with Crippen LogP contribution in [0, 0.1) is 0 Å². The van der Waals surface area contributed by atoms with Crippen LogP contribution in [0.25, 0.3) is 0 Å². The minimum absolute atomic E-state index is 0.122. The number of hydrogen-bond acceptors (Lipinski definition) is 6. The van der Waals surface area contributed by atoms with Gasteiger partial charge < -0.3 is 14.2 Å². The number of allylic oxidation sites excluding steroid dienone is 18. The third-order valence-corrected chi connectivity index (χ3v) is 10.8. The van der Waals surface area contributed by atoms with Crippen LogP contribution < -0.4 is 0 Å². The Hall–Kier alpha value is -3.93. The second-order valence-electron chi connectivity index (χ2n) is 17.1. The summed E-state index contributed by atoms with van der Waals surface area (Å²) >= 11 is 0. The summed E-state index contributed by atoms with van der Waals surface area (Å²) in [5.41, 5.74) is 0. The average Bonchev–Trinajstić information content (AvgIpc) is 3.30. The number of carbonyl (C=O) groups excluding carboxylic acids is 3. The number of unbranched alkanes of at least 4 members (excludes halogenated alkanes) is 18. The summed E-state index contributed by atoms with van der Waals surface area (Å²) < 4.78 is 16.7. The molecule has 0 aromatic rings. The molecule has 0 N–H and O–H groups in total. The fourth-order valence-corrected chi connectivity index (χ4v) is 6.79. The van der Waals surface area contributed by atoms with Crippen LogP contribution in [0.15, 0.2) is 109 Å². The van der Waals surface area contributed by atoms with Gasteiger partial charge in [-0.2, -0.15) is 0 Å². The summed E-state index contributed by atoms with van der Waals surface area (Å²) in [4.78, 5) is 38.0. The molecule has 0 radical (unpaired) electrons. The van der Waals surface area contributed by atoms with Crippen molar-refractivity contribution in [3.63, 3.8) is 0 Å². The Kier molecular flexibility index (Phi) is 49.5. The molecule has 0 aliphatic heterocycles. The van der Waals surface area contributed by atoms with Gasteiger partial charge in [-0.25, -0.2) is 0 Å². The lowest BCUT2D eigenvalue weighted by molar-refractivity contribution is -0.167. The molecule has 0 bridgehead atoms. The van der Waals surface area contributed by atoms with Crippen LogP contribution in [0.1, 0.15) is 226 Å². The van der Waals surface area contributed by atoms with Gasteiger partial charge in [-0.1, -0.05) is 201 Å². The zero-order valence-electron chi connectivity index (χ0n) is 42.0. The van der Waals surface area contributed by atoms with E-state index in [0.717, 1.165) is 96.3 Å². The first-order valence-electron chi connectivity index (χ1n) is 26.4. The normalized spacial score (nSPS) is 13.0. The smallest absolute Gasteiger partial charge is 0.306 e. The molecule has 0 saturated heterocycles. The fraction of sp³-hybridized carbons (Fsp3) is 0.644. The van der Waals surface area contributed by atoms with Crippen LogP contribution in [0.4, 0.5) is 0 Å². The molecule has 0 rings (SSSR count). The van der Waals surface area contributed by atoms with Gasteiger partial charge in [-0.15, -0.1) is 0 Å². The van der Waals surface area contributed by atoms with Crippen LogP contribution in [0.3, 0.4) is 0 Å². The molecular formula is C59H96O6. The quantitative estimate of drug-likeness (QED) is 0.0199. The lowest BCUT2D eigenvalue weighted by Crippen LogP contribution is -2.30. The maximum Gasteiger partial charge on any atom is 0.306 e. The lowest BCUT2D eigenvalue weighted by atomic mass is 10.1. The molecule has 6 heteroatoms. The first-order valence-corrected chi connectivity index (χ1v) is 26.4. The van der Waals surface area contributed by atoms with Crippen LogP contribution in [0.2, 0.25) is 0 Å². The first kappa shape index (κ1) is 61.1. The standard InChI is InChI=1S/C59H96O6/c1-4-7-10-13-16-19-22-25-27-29-31-32-34-37-40-43-46-49-52-58(61)64-55-56(54-63-57(60)51-48-45-42-39-36-24-21-18-15-12-9-6-3)65-59(62)53-50-47-44-41-38-35-33-30-28-26-23-20-17-14-11-8-5-2/h9,12,17-18,20-21,26-29,31-33,35-36,39,41,44,56H,4-8,10-11,13-16,19,22-25,30,34,37-38,40,42-43,45-55H2,1-3H3/b12-9-,20-17-,21-18-,28-26-,29-27-,32-31-,35-33-,39-36-,44-41-. The van der Waals surface area contributed by atoms with Gasteiger partial charge >= 0.3 is 17.9 Å². The summed E-state index contributed by atoms with van der Waals surface area (Å²) in [5.74, 6) is -1.04. The topological polar surface area (TPSA) is 78.9 Å². The summed E-state index contributed by atoms with van der Waals surface area (Å²) in [6, 6.07) is 0. The predicted molar refractivity (Wildman–Crippen MR) is 279 cm³/mol. The van der Waals surface area contributed by atoms with Gasteiger partial charge in [-0.3, -0.25) is 14.4 Å². The Morgan fingerprint density at radius 2 is 0.662 bits per heavy atom. The highest BCUT2D eigenvalue weighted by Crippen LogP contribution is 2.12. The monoisotopic (exact) mass is 901 g/mol. The van der Waals surface area contributed by atoms with Crippen LogP contribution in [-0.2, 0) is 28.6 Å². The van der Waals surface area contributed by atoms with E-state index in [-0.39, 0.29) is 37.5 Å². The molecule has 0 saturated carbocycles. The van der Waals surface area contributed by atoms with Gasteiger partial charge in [0.25, 0.3) is 0 Å². The van der Waals surface area contributed by atoms with E-state index in [9.17, 15) is 14.4 Å². The maximum absolute atomic E-state index is 12.8. The van der Waals surface area contributed by atoms with Gasteiger partial charge in [0.05, 0.1) is 0 Å². The fourth-order valence-electron chi connectivity index (χ4n) is 6.79. The molecule has 6 nitrogen and oxygen atoms in total. The van der Waals surface area contributed by atoms with Crippen molar-refractivity contribution in [1.29, 1.82) is 0 Å². The van der Waals surface area contributed by atoms with Gasteiger partial charge in [0, 0.05) is 19.3 Å². The van der Waals surface area contributed by atoms with E-state index in [2.05, 4.69) is 130 Å². The van der Waals surface area contributed by atoms with E-state index in [1.807, 2.05) is 0 Å².